The van der Waals surface area contributed by atoms with Gasteiger partial charge in [0, 0.05) is 12.6 Å². The van der Waals surface area contributed by atoms with Crippen LogP contribution in [0.5, 0.6) is 0 Å². The molecule has 0 bridgehead atoms. The molecule has 0 saturated carbocycles. The molecule has 0 atom stereocenters. The number of benzene rings is 2. The number of anilines is 2. The van der Waals surface area contributed by atoms with Crippen LogP contribution >= 0.6 is 0 Å². The Kier molecular flexibility index (Phi) is 6.80. The van der Waals surface area contributed by atoms with Gasteiger partial charge in [0.15, 0.2) is 0 Å². The molecule has 3 N–H and O–H groups in total. The molecule has 2 aromatic carbocycles. The van der Waals surface area contributed by atoms with E-state index in [2.05, 4.69) is 5.32 Å². The van der Waals surface area contributed by atoms with Crippen LogP contribution in [0.3, 0.4) is 0 Å². The Labute approximate surface area is 165 Å². The molecule has 0 fully saturated rings. The zero-order chi connectivity index (χ0) is 20.9. The van der Waals surface area contributed by atoms with E-state index in [-0.39, 0.29) is 10.8 Å². The first-order chi connectivity index (χ1) is 13.2. The average molecular weight is 404 g/mol. The number of rotatable bonds is 8. The van der Waals surface area contributed by atoms with Crippen LogP contribution in [0.4, 0.5) is 11.4 Å². The van der Waals surface area contributed by atoms with E-state index in [4.69, 9.17) is 5.73 Å². The van der Waals surface area contributed by atoms with Crippen LogP contribution in [0.25, 0.3) is 0 Å². The standard InChI is InChI=1S/C20H25N3O4S/c1-4-15-7-6-8-16(5-2)20(15)23(13-19(21)25)28(26,27)18-11-9-17(10-12-18)22-14(3)24/h6-12H,4-5,13H2,1-3H3,(H2,21,25)(H,22,24). The highest BCUT2D eigenvalue weighted by atomic mass is 32.2. The summed E-state index contributed by atoms with van der Waals surface area (Å²) in [6, 6.07) is 11.4. The number of nitrogens with one attached hydrogen (secondary N) is 1. The molecule has 7 nitrogen and oxygen atoms in total. The molecule has 0 unspecified atom stereocenters. The fourth-order valence-corrected chi connectivity index (χ4v) is 4.51. The van der Waals surface area contributed by atoms with Crippen LogP contribution in [-0.4, -0.2) is 26.8 Å². The first-order valence-corrected chi connectivity index (χ1v) is 10.4. The third kappa shape index (κ3) is 4.69. The second kappa shape index (κ2) is 8.88. The average Bonchev–Trinajstić information content (AvgIpc) is 2.65. The second-order valence-electron chi connectivity index (χ2n) is 6.32. The Hall–Kier alpha value is -2.87. The van der Waals surface area contributed by atoms with Gasteiger partial charge in [-0.1, -0.05) is 32.0 Å². The predicted molar refractivity (Wildman–Crippen MR) is 110 cm³/mol. The highest BCUT2D eigenvalue weighted by Gasteiger charge is 2.29. The summed E-state index contributed by atoms with van der Waals surface area (Å²) >= 11 is 0. The van der Waals surface area contributed by atoms with Gasteiger partial charge in [-0.2, -0.15) is 0 Å². The van der Waals surface area contributed by atoms with Crippen LogP contribution < -0.4 is 15.4 Å². The summed E-state index contributed by atoms with van der Waals surface area (Å²) in [5.41, 5.74) is 7.99. The van der Waals surface area contributed by atoms with Crippen molar-refractivity contribution in [2.45, 2.75) is 38.5 Å². The molecule has 28 heavy (non-hydrogen) atoms. The van der Waals surface area contributed by atoms with E-state index in [0.29, 0.717) is 24.2 Å². The Morgan fingerprint density at radius 2 is 1.54 bits per heavy atom. The molecular formula is C20H25N3O4S. The highest BCUT2D eigenvalue weighted by Crippen LogP contribution is 2.32. The minimum Gasteiger partial charge on any atom is -0.368 e. The van der Waals surface area contributed by atoms with Crippen molar-refractivity contribution in [3.63, 3.8) is 0 Å². The molecular weight excluding hydrogens is 378 g/mol. The smallest absolute Gasteiger partial charge is 0.264 e. The number of nitrogens with two attached hydrogens (primary N) is 1. The molecule has 0 spiro atoms. The lowest BCUT2D eigenvalue weighted by atomic mass is 10.0. The fraction of sp³-hybridized carbons (Fsp3) is 0.300. The maximum Gasteiger partial charge on any atom is 0.264 e. The highest BCUT2D eigenvalue weighted by molar-refractivity contribution is 7.92. The van der Waals surface area contributed by atoms with Gasteiger partial charge in [-0.05, 0) is 48.2 Å². The summed E-state index contributed by atoms with van der Waals surface area (Å²) in [5, 5.41) is 2.59. The van der Waals surface area contributed by atoms with E-state index in [0.717, 1.165) is 15.4 Å². The number of amides is 2. The number of nitrogens with zero attached hydrogens (tertiary/aromatic N) is 1. The summed E-state index contributed by atoms with van der Waals surface area (Å²) in [7, 11) is -4.04. The lowest BCUT2D eigenvalue weighted by Gasteiger charge is -2.27. The number of aryl methyl sites for hydroxylation is 2. The molecule has 0 aliphatic carbocycles. The molecule has 0 heterocycles. The van der Waals surface area contributed by atoms with E-state index in [9.17, 15) is 18.0 Å². The lowest BCUT2D eigenvalue weighted by molar-refractivity contribution is -0.116. The minimum atomic E-state index is -4.04. The third-order valence-electron chi connectivity index (χ3n) is 4.28. The first-order valence-electron chi connectivity index (χ1n) is 9.00. The van der Waals surface area contributed by atoms with Gasteiger partial charge in [-0.3, -0.25) is 13.9 Å². The Morgan fingerprint density at radius 3 is 1.96 bits per heavy atom. The van der Waals surface area contributed by atoms with E-state index >= 15 is 0 Å². The van der Waals surface area contributed by atoms with Crippen molar-refractivity contribution in [3.8, 4) is 0 Å². The zero-order valence-corrected chi connectivity index (χ0v) is 17.0. The van der Waals surface area contributed by atoms with Crippen LogP contribution in [0.15, 0.2) is 47.4 Å². The van der Waals surface area contributed by atoms with Crippen molar-refractivity contribution in [2.75, 3.05) is 16.2 Å². The summed E-state index contributed by atoms with van der Waals surface area (Å²) < 4.78 is 27.8. The molecule has 0 aliphatic heterocycles. The van der Waals surface area contributed by atoms with Crippen LogP contribution in [0, 0.1) is 0 Å². The van der Waals surface area contributed by atoms with Crippen molar-refractivity contribution in [3.05, 3.63) is 53.6 Å². The van der Waals surface area contributed by atoms with Gasteiger partial charge < -0.3 is 11.1 Å². The van der Waals surface area contributed by atoms with Crippen molar-refractivity contribution in [1.82, 2.24) is 0 Å². The van der Waals surface area contributed by atoms with Crippen LogP contribution in [0.1, 0.15) is 31.9 Å². The number of sulfonamides is 1. The Bertz CT molecular complexity index is 947. The summed E-state index contributed by atoms with van der Waals surface area (Å²) in [6.07, 6.45) is 1.21. The quantitative estimate of drug-likeness (QED) is 0.705. The summed E-state index contributed by atoms with van der Waals surface area (Å²) in [6.45, 7) is 4.76. The van der Waals surface area contributed by atoms with Crippen LogP contribution in [0.2, 0.25) is 0 Å². The first kappa shape index (κ1) is 21.4. The molecule has 150 valence electrons. The molecule has 2 rings (SSSR count). The Balaban J connectivity index is 2.60. The molecule has 2 amide bonds. The van der Waals surface area contributed by atoms with E-state index in [1.807, 2.05) is 32.0 Å². The topological polar surface area (TPSA) is 110 Å². The lowest BCUT2D eigenvalue weighted by Crippen LogP contribution is -2.39. The minimum absolute atomic E-state index is 0.0100. The fourth-order valence-electron chi connectivity index (χ4n) is 3.00. The number of carbonyl (C=O) groups is 2. The SMILES string of the molecule is CCc1cccc(CC)c1N(CC(N)=O)S(=O)(=O)c1ccc(NC(C)=O)cc1. The number of hydrogen-bond acceptors (Lipinski definition) is 4. The molecule has 0 aliphatic rings. The van der Waals surface area contributed by atoms with E-state index < -0.39 is 22.5 Å². The van der Waals surface area contributed by atoms with Crippen molar-refractivity contribution in [1.29, 1.82) is 0 Å². The molecule has 8 heteroatoms. The third-order valence-corrected chi connectivity index (χ3v) is 6.04. The number of carbonyl (C=O) groups excluding carboxylic acids is 2. The normalized spacial score (nSPS) is 11.1. The molecule has 0 saturated heterocycles. The summed E-state index contributed by atoms with van der Waals surface area (Å²) in [5.74, 6) is -0.998. The van der Waals surface area contributed by atoms with Crippen LogP contribution in [-0.2, 0) is 32.5 Å². The zero-order valence-electron chi connectivity index (χ0n) is 16.2. The van der Waals surface area contributed by atoms with Gasteiger partial charge in [0.1, 0.15) is 6.54 Å². The van der Waals surface area contributed by atoms with Crippen molar-refractivity contribution >= 4 is 33.2 Å². The van der Waals surface area contributed by atoms with E-state index in [1.165, 1.54) is 31.2 Å². The van der Waals surface area contributed by atoms with Gasteiger partial charge in [0.25, 0.3) is 10.0 Å². The van der Waals surface area contributed by atoms with E-state index in [1.54, 1.807) is 0 Å². The molecule has 2 aromatic rings. The number of hydrogen-bond donors (Lipinski definition) is 2. The largest absolute Gasteiger partial charge is 0.368 e. The monoisotopic (exact) mass is 403 g/mol. The van der Waals surface area contributed by atoms with Gasteiger partial charge in [0.05, 0.1) is 10.6 Å². The maximum absolute atomic E-state index is 13.4. The number of primary amides is 1. The van der Waals surface area contributed by atoms with Gasteiger partial charge >= 0.3 is 0 Å². The van der Waals surface area contributed by atoms with Gasteiger partial charge in [-0.15, -0.1) is 0 Å². The Morgan fingerprint density at radius 1 is 1.00 bits per heavy atom. The predicted octanol–water partition coefficient (Wildman–Crippen LogP) is 2.45. The summed E-state index contributed by atoms with van der Waals surface area (Å²) in [4.78, 5) is 22.9. The molecule has 0 radical (unpaired) electrons. The van der Waals surface area contributed by atoms with Crippen molar-refractivity contribution < 1.29 is 18.0 Å². The number of para-hydroxylation sites is 1. The molecule has 0 aromatic heterocycles. The second-order valence-corrected chi connectivity index (χ2v) is 8.18. The van der Waals surface area contributed by atoms with Crippen molar-refractivity contribution in [2.24, 2.45) is 5.73 Å². The van der Waals surface area contributed by atoms with Gasteiger partial charge in [-0.25, -0.2) is 8.42 Å². The maximum atomic E-state index is 13.4. The van der Waals surface area contributed by atoms with Gasteiger partial charge in [0.2, 0.25) is 11.8 Å².